The first kappa shape index (κ1) is 23.6. The van der Waals surface area contributed by atoms with Gasteiger partial charge in [0.05, 0.1) is 25.6 Å². The van der Waals surface area contributed by atoms with Crippen LogP contribution in [0.3, 0.4) is 0 Å². The van der Waals surface area contributed by atoms with Gasteiger partial charge in [0.15, 0.2) is 24.9 Å². The number of nitriles is 1. The first-order chi connectivity index (χ1) is 14.2. The fourth-order valence-corrected chi connectivity index (χ4v) is 3.52. The van der Waals surface area contributed by atoms with E-state index < -0.39 is 25.1 Å². The van der Waals surface area contributed by atoms with E-state index in [9.17, 15) is 14.9 Å². The van der Waals surface area contributed by atoms with Crippen LogP contribution in [0.15, 0.2) is 17.4 Å². The summed E-state index contributed by atoms with van der Waals surface area (Å²) in [4.78, 5) is 36.8. The Morgan fingerprint density at radius 1 is 1.47 bits per heavy atom. The van der Waals surface area contributed by atoms with Crippen molar-refractivity contribution in [3.05, 3.63) is 12.7 Å². The van der Waals surface area contributed by atoms with Crippen molar-refractivity contribution in [2.45, 2.75) is 58.0 Å². The van der Waals surface area contributed by atoms with Crippen LogP contribution >= 0.6 is 7.94 Å². The van der Waals surface area contributed by atoms with Gasteiger partial charge in [-0.25, -0.2) is 19.7 Å². The third-order valence-electron chi connectivity index (χ3n) is 4.12. The van der Waals surface area contributed by atoms with Gasteiger partial charge in [0.2, 0.25) is 5.66 Å². The summed E-state index contributed by atoms with van der Waals surface area (Å²) in [6, 6.07) is 1.95. The first-order valence-electron chi connectivity index (χ1n) is 9.48. The van der Waals surface area contributed by atoms with E-state index in [-0.39, 0.29) is 25.1 Å². The summed E-state index contributed by atoms with van der Waals surface area (Å²) in [5.74, 6) is -0.289. The highest BCUT2D eigenvalue weighted by Gasteiger charge is 2.34. The van der Waals surface area contributed by atoms with Gasteiger partial charge in [-0.1, -0.05) is 11.7 Å². The van der Waals surface area contributed by atoms with Crippen LogP contribution < -0.4 is 10.6 Å². The van der Waals surface area contributed by atoms with Crippen molar-refractivity contribution in [3.8, 4) is 6.07 Å². The summed E-state index contributed by atoms with van der Waals surface area (Å²) in [6.07, 6.45) is 3.27. The number of anilines is 1. The summed E-state index contributed by atoms with van der Waals surface area (Å²) in [5.41, 5.74) is 4.55. The Morgan fingerprint density at radius 2 is 2.20 bits per heavy atom. The third kappa shape index (κ3) is 5.92. The molecule has 0 amide bonds. The van der Waals surface area contributed by atoms with Gasteiger partial charge in [-0.3, -0.25) is 0 Å². The Labute approximate surface area is 175 Å². The maximum Gasteiger partial charge on any atom is 0.337 e. The second-order valence-electron chi connectivity index (χ2n) is 7.21. The zero-order valence-electron chi connectivity index (χ0n) is 17.5. The van der Waals surface area contributed by atoms with Crippen LogP contribution in [0.1, 0.15) is 34.1 Å². The lowest BCUT2D eigenvalue weighted by atomic mass is 10.1. The molecule has 0 saturated carbocycles. The van der Waals surface area contributed by atoms with Crippen molar-refractivity contribution in [2.75, 3.05) is 18.9 Å². The molecule has 2 unspecified atom stereocenters. The predicted molar refractivity (Wildman–Crippen MR) is 109 cm³/mol. The number of imidazole rings is 1. The SMILES string of the molecule is CCCOC(=O)C(C)(C)N=[P+]([O-])C(C#N)CO[C@H](C)Cn1cnc2c(N)ncnc21. The quantitative estimate of drug-likeness (QED) is 0.428. The molecule has 11 nitrogen and oxygen atoms in total. The number of carbonyl (C=O) groups excluding carboxylic acids is 1. The number of rotatable bonds is 10. The minimum Gasteiger partial charge on any atom is -0.611 e. The Morgan fingerprint density at radius 3 is 2.87 bits per heavy atom. The highest BCUT2D eigenvalue weighted by molar-refractivity contribution is 7.40. The smallest absolute Gasteiger partial charge is 0.337 e. The lowest BCUT2D eigenvalue weighted by Gasteiger charge is -2.18. The number of hydrogen-bond acceptors (Lipinski definition) is 10. The molecule has 0 radical (unpaired) electrons. The molecular weight excluding hydrogens is 409 g/mol. The van der Waals surface area contributed by atoms with Gasteiger partial charge in [0.25, 0.3) is 0 Å². The zero-order valence-corrected chi connectivity index (χ0v) is 18.4. The maximum atomic E-state index is 12.5. The molecule has 30 heavy (non-hydrogen) atoms. The molecule has 0 fully saturated rings. The van der Waals surface area contributed by atoms with Crippen molar-refractivity contribution in [3.63, 3.8) is 0 Å². The predicted octanol–water partition coefficient (Wildman–Crippen LogP) is 1.38. The summed E-state index contributed by atoms with van der Waals surface area (Å²) in [7, 11) is -2.36. The maximum absolute atomic E-state index is 12.5. The van der Waals surface area contributed by atoms with Crippen LogP contribution in [0.4, 0.5) is 5.82 Å². The number of aromatic nitrogens is 4. The average molecular weight is 435 g/mol. The fourth-order valence-electron chi connectivity index (χ4n) is 2.50. The van der Waals surface area contributed by atoms with Gasteiger partial charge < -0.3 is 24.7 Å². The number of esters is 1. The normalized spacial score (nSPS) is 14.3. The van der Waals surface area contributed by atoms with Gasteiger partial charge in [0, 0.05) is 0 Å². The topological polar surface area (TPSA) is 164 Å². The average Bonchev–Trinajstić information content (AvgIpc) is 3.10. The van der Waals surface area contributed by atoms with E-state index in [4.69, 9.17) is 15.2 Å². The molecule has 3 atom stereocenters. The lowest BCUT2D eigenvalue weighted by molar-refractivity contribution is -0.160. The minimum atomic E-state index is -2.36. The Balaban J connectivity index is 1.99. The number of nitrogen functional groups attached to an aromatic ring is 1. The van der Waals surface area contributed by atoms with E-state index in [1.807, 2.05) is 13.0 Å². The number of ether oxygens (including phenoxy) is 2. The molecule has 0 bridgehead atoms. The van der Waals surface area contributed by atoms with Gasteiger partial charge in [-0.05, 0) is 27.2 Å². The molecule has 0 aliphatic carbocycles. The molecule has 0 saturated heterocycles. The fraction of sp³-hybridized carbons (Fsp3) is 0.611. The summed E-state index contributed by atoms with van der Waals surface area (Å²) < 4.78 is 16.6. The lowest BCUT2D eigenvalue weighted by Crippen LogP contribution is -2.32. The number of nitrogens with zero attached hydrogens (tertiary/aromatic N) is 6. The highest BCUT2D eigenvalue weighted by Crippen LogP contribution is 2.29. The molecule has 0 aliphatic heterocycles. The van der Waals surface area contributed by atoms with Crippen molar-refractivity contribution in [1.29, 1.82) is 5.26 Å². The van der Waals surface area contributed by atoms with Crippen molar-refractivity contribution < 1.29 is 19.2 Å². The van der Waals surface area contributed by atoms with Gasteiger partial charge in [-0.2, -0.15) is 5.26 Å². The minimum absolute atomic E-state index is 0.0970. The van der Waals surface area contributed by atoms with Crippen LogP contribution in [0, 0.1) is 11.3 Å². The van der Waals surface area contributed by atoms with Crippen molar-refractivity contribution in [2.24, 2.45) is 4.74 Å². The van der Waals surface area contributed by atoms with E-state index in [0.717, 1.165) is 0 Å². The Bertz CT molecular complexity index is 954. The molecule has 2 rings (SSSR count). The third-order valence-corrected chi connectivity index (χ3v) is 5.62. The molecule has 0 aromatic carbocycles. The molecule has 0 aliphatic rings. The van der Waals surface area contributed by atoms with Crippen LogP contribution in [0.25, 0.3) is 11.2 Å². The second-order valence-corrected chi connectivity index (χ2v) is 8.64. The molecule has 12 heteroatoms. The molecule has 2 aromatic rings. The molecule has 2 aromatic heterocycles. The number of nitrogens with two attached hydrogens (primary N) is 1. The Hall–Kier alpha value is -2.67. The zero-order chi connectivity index (χ0) is 22.3. The molecule has 2 N–H and O–H groups in total. The number of carbonyl (C=O) groups is 1. The largest absolute Gasteiger partial charge is 0.611 e. The van der Waals surface area contributed by atoms with E-state index >= 15 is 0 Å². The van der Waals surface area contributed by atoms with E-state index in [0.29, 0.717) is 24.1 Å². The summed E-state index contributed by atoms with van der Waals surface area (Å²) >= 11 is 0. The number of fused-ring (bicyclic) bond motifs is 1. The van der Waals surface area contributed by atoms with Crippen molar-refractivity contribution >= 4 is 30.9 Å². The van der Waals surface area contributed by atoms with Gasteiger partial charge >= 0.3 is 5.97 Å². The Kier molecular flexibility index (Phi) is 8.17. The number of hydrogen-bond donors (Lipinski definition) is 1. The van der Waals surface area contributed by atoms with E-state index in [2.05, 4.69) is 19.7 Å². The summed E-state index contributed by atoms with van der Waals surface area (Å²) in [6.45, 7) is 7.25. The van der Waals surface area contributed by atoms with Crippen LogP contribution in [-0.4, -0.2) is 56.0 Å². The van der Waals surface area contributed by atoms with E-state index in [1.165, 1.54) is 20.2 Å². The van der Waals surface area contributed by atoms with Crippen LogP contribution in [-0.2, 0) is 20.8 Å². The standard InChI is InChI=1S/C18H26N7O4P/c1-5-6-28-17(26)18(3,4)24-30(27)13(7-19)9-29-12(2)8-25-11-23-14-15(20)21-10-22-16(14)25/h10-13H,5-6,8-9H2,1-4H3,(H2,20,21,22)/t12-,13?/m1/s1. The highest BCUT2D eigenvalue weighted by atomic mass is 31.1. The molecule has 162 valence electrons. The first-order valence-corrected chi connectivity index (χ1v) is 10.8. The summed E-state index contributed by atoms with van der Waals surface area (Å²) in [5, 5.41) is 9.38. The van der Waals surface area contributed by atoms with Gasteiger partial charge in [0.1, 0.15) is 24.5 Å². The molecule has 0 spiro atoms. The van der Waals surface area contributed by atoms with Crippen molar-refractivity contribution in [1.82, 2.24) is 19.5 Å². The molecular formula is C18H26N7O4P. The van der Waals surface area contributed by atoms with Crippen LogP contribution in [0.5, 0.6) is 0 Å². The van der Waals surface area contributed by atoms with Gasteiger partial charge in [-0.15, -0.1) is 0 Å². The second kappa shape index (κ2) is 10.4. The monoisotopic (exact) mass is 435 g/mol. The molecule has 2 heterocycles. The van der Waals surface area contributed by atoms with Crippen LogP contribution in [0.2, 0.25) is 0 Å². The van der Waals surface area contributed by atoms with E-state index in [1.54, 1.807) is 17.8 Å².